The maximum Gasteiger partial charge on any atom is 0.243 e. The second-order valence-corrected chi connectivity index (χ2v) is 5.98. The molecule has 8 heteroatoms. The Labute approximate surface area is 120 Å². The van der Waals surface area contributed by atoms with Crippen LogP contribution in [0.1, 0.15) is 26.2 Å². The minimum atomic E-state index is -3.54. The van der Waals surface area contributed by atoms with E-state index in [-0.39, 0.29) is 4.90 Å². The molecule has 0 unspecified atom stereocenters. The topological polar surface area (TPSA) is 93.2 Å². The van der Waals surface area contributed by atoms with Gasteiger partial charge in [0.05, 0.1) is 12.4 Å². The number of sulfonamides is 1. The van der Waals surface area contributed by atoms with Crippen LogP contribution in [0.15, 0.2) is 17.3 Å². The van der Waals surface area contributed by atoms with Crippen LogP contribution >= 0.6 is 0 Å². The van der Waals surface area contributed by atoms with Gasteiger partial charge in [-0.05, 0) is 12.8 Å². The fraction of sp³-hybridized carbons (Fsp3) is 0.667. The standard InChI is InChI=1S/C12H22N4O3S/c1-3-4-7-19-8-5-6-16-20(17,18)11-9-14-12(13-2)15-10-11/h9-10,16H,3-8H2,1-2H3,(H,13,14,15). The molecule has 1 heterocycles. The minimum absolute atomic E-state index is 0.0587. The van der Waals surface area contributed by atoms with Crippen LogP contribution in [0.5, 0.6) is 0 Å². The van der Waals surface area contributed by atoms with Crippen LogP contribution in [0.3, 0.4) is 0 Å². The first-order chi connectivity index (χ1) is 9.60. The monoisotopic (exact) mass is 302 g/mol. The SMILES string of the molecule is CCCCOCCCNS(=O)(=O)c1cnc(NC)nc1. The molecule has 0 bridgehead atoms. The van der Waals surface area contributed by atoms with E-state index in [4.69, 9.17) is 4.74 Å². The summed E-state index contributed by atoms with van der Waals surface area (Å²) in [5, 5.41) is 2.73. The van der Waals surface area contributed by atoms with Crippen molar-refractivity contribution >= 4 is 16.0 Å². The second-order valence-electron chi connectivity index (χ2n) is 4.21. The molecule has 0 saturated heterocycles. The third-order valence-electron chi connectivity index (χ3n) is 2.56. The molecule has 20 heavy (non-hydrogen) atoms. The summed E-state index contributed by atoms with van der Waals surface area (Å²) in [7, 11) is -1.87. The zero-order chi connectivity index (χ0) is 14.8. The minimum Gasteiger partial charge on any atom is -0.381 e. The van der Waals surface area contributed by atoms with Gasteiger partial charge < -0.3 is 10.1 Å². The summed E-state index contributed by atoms with van der Waals surface area (Å²) in [4.78, 5) is 7.81. The van der Waals surface area contributed by atoms with E-state index in [0.717, 1.165) is 19.4 Å². The number of aromatic nitrogens is 2. The lowest BCUT2D eigenvalue weighted by Crippen LogP contribution is -2.26. The number of ether oxygens (including phenoxy) is 1. The van der Waals surface area contributed by atoms with E-state index in [9.17, 15) is 8.42 Å². The molecule has 0 radical (unpaired) electrons. The molecule has 0 amide bonds. The van der Waals surface area contributed by atoms with Crippen molar-refractivity contribution in [1.82, 2.24) is 14.7 Å². The third-order valence-corrected chi connectivity index (χ3v) is 3.98. The van der Waals surface area contributed by atoms with Gasteiger partial charge in [0.1, 0.15) is 4.90 Å². The maximum atomic E-state index is 11.9. The summed E-state index contributed by atoms with van der Waals surface area (Å²) in [6.45, 7) is 3.71. The molecule has 1 aromatic heterocycles. The van der Waals surface area contributed by atoms with E-state index >= 15 is 0 Å². The van der Waals surface area contributed by atoms with Gasteiger partial charge in [-0.25, -0.2) is 23.1 Å². The lowest BCUT2D eigenvalue weighted by atomic mass is 10.4. The van der Waals surface area contributed by atoms with Crippen molar-refractivity contribution in [3.63, 3.8) is 0 Å². The molecule has 0 saturated carbocycles. The van der Waals surface area contributed by atoms with Crippen LogP contribution in [0, 0.1) is 0 Å². The predicted molar refractivity (Wildman–Crippen MR) is 77.1 cm³/mol. The lowest BCUT2D eigenvalue weighted by molar-refractivity contribution is 0.130. The molecule has 0 spiro atoms. The Bertz CT molecular complexity index is 476. The highest BCUT2D eigenvalue weighted by Crippen LogP contribution is 2.06. The van der Waals surface area contributed by atoms with Gasteiger partial charge in [0.15, 0.2) is 0 Å². The van der Waals surface area contributed by atoms with Gasteiger partial charge in [0.2, 0.25) is 16.0 Å². The summed E-state index contributed by atoms with van der Waals surface area (Å²) >= 11 is 0. The fourth-order valence-electron chi connectivity index (χ4n) is 1.40. The Morgan fingerprint density at radius 3 is 2.45 bits per heavy atom. The zero-order valence-corrected chi connectivity index (χ0v) is 12.7. The van der Waals surface area contributed by atoms with Crippen LogP contribution < -0.4 is 10.0 Å². The molecule has 0 fully saturated rings. The number of anilines is 1. The zero-order valence-electron chi connectivity index (χ0n) is 11.9. The first-order valence-electron chi connectivity index (χ1n) is 6.67. The summed E-state index contributed by atoms with van der Waals surface area (Å²) < 4.78 is 31.7. The highest BCUT2D eigenvalue weighted by molar-refractivity contribution is 7.89. The number of nitrogens with one attached hydrogen (secondary N) is 2. The molecule has 7 nitrogen and oxygen atoms in total. The van der Waals surface area contributed by atoms with Gasteiger partial charge >= 0.3 is 0 Å². The molecule has 0 aliphatic heterocycles. The number of unbranched alkanes of at least 4 members (excludes halogenated alkanes) is 1. The second kappa shape index (κ2) is 8.83. The van der Waals surface area contributed by atoms with Crippen LogP contribution in [0.4, 0.5) is 5.95 Å². The smallest absolute Gasteiger partial charge is 0.243 e. The number of hydrogen-bond acceptors (Lipinski definition) is 6. The van der Waals surface area contributed by atoms with E-state index < -0.39 is 10.0 Å². The average Bonchev–Trinajstić information content (AvgIpc) is 2.46. The van der Waals surface area contributed by atoms with Crippen molar-refractivity contribution in [2.45, 2.75) is 31.1 Å². The Morgan fingerprint density at radius 2 is 1.85 bits per heavy atom. The van der Waals surface area contributed by atoms with Gasteiger partial charge in [-0.15, -0.1) is 0 Å². The Hall–Kier alpha value is -1.25. The molecule has 2 N–H and O–H groups in total. The summed E-state index contributed by atoms with van der Waals surface area (Å²) in [5.74, 6) is 0.383. The maximum absolute atomic E-state index is 11.9. The number of hydrogen-bond donors (Lipinski definition) is 2. The van der Waals surface area contributed by atoms with Crippen molar-refractivity contribution in [3.05, 3.63) is 12.4 Å². The molecule has 0 aliphatic rings. The van der Waals surface area contributed by atoms with Gasteiger partial charge in [-0.2, -0.15) is 0 Å². The van der Waals surface area contributed by atoms with E-state index in [1.54, 1.807) is 7.05 Å². The summed E-state index contributed by atoms with van der Waals surface area (Å²) in [6, 6.07) is 0. The van der Waals surface area contributed by atoms with Crippen molar-refractivity contribution in [2.24, 2.45) is 0 Å². The molecule has 114 valence electrons. The van der Waals surface area contributed by atoms with E-state index in [1.165, 1.54) is 12.4 Å². The quantitative estimate of drug-likeness (QED) is 0.626. The van der Waals surface area contributed by atoms with Gasteiger partial charge in [0, 0.05) is 26.8 Å². The molecular weight excluding hydrogens is 280 g/mol. The normalized spacial score (nSPS) is 11.5. The van der Waals surface area contributed by atoms with E-state index in [0.29, 0.717) is 25.5 Å². The van der Waals surface area contributed by atoms with Crippen molar-refractivity contribution in [2.75, 3.05) is 32.1 Å². The summed E-state index contributed by atoms with van der Waals surface area (Å²) in [5.41, 5.74) is 0. The van der Waals surface area contributed by atoms with Crippen molar-refractivity contribution < 1.29 is 13.2 Å². The Kier molecular flexibility index (Phi) is 7.42. The Morgan fingerprint density at radius 1 is 1.20 bits per heavy atom. The first kappa shape index (κ1) is 16.8. The van der Waals surface area contributed by atoms with Crippen LogP contribution in [0.2, 0.25) is 0 Å². The molecule has 1 aromatic rings. The Balaban J connectivity index is 2.33. The third kappa shape index (κ3) is 5.81. The van der Waals surface area contributed by atoms with Crippen LogP contribution in [0.25, 0.3) is 0 Å². The van der Waals surface area contributed by atoms with Crippen molar-refractivity contribution in [3.8, 4) is 0 Å². The lowest BCUT2D eigenvalue weighted by Gasteiger charge is -2.07. The summed E-state index contributed by atoms with van der Waals surface area (Å²) in [6.07, 6.45) is 5.31. The molecular formula is C12H22N4O3S. The van der Waals surface area contributed by atoms with Gasteiger partial charge in [-0.3, -0.25) is 0 Å². The molecule has 0 atom stereocenters. The van der Waals surface area contributed by atoms with E-state index in [2.05, 4.69) is 26.9 Å². The average molecular weight is 302 g/mol. The van der Waals surface area contributed by atoms with E-state index in [1.807, 2.05) is 0 Å². The van der Waals surface area contributed by atoms with Crippen LogP contribution in [-0.4, -0.2) is 45.2 Å². The molecule has 1 rings (SSSR count). The number of nitrogens with zero attached hydrogens (tertiary/aromatic N) is 2. The molecule has 0 aliphatic carbocycles. The van der Waals surface area contributed by atoms with Crippen molar-refractivity contribution in [1.29, 1.82) is 0 Å². The van der Waals surface area contributed by atoms with Gasteiger partial charge in [0.25, 0.3) is 0 Å². The van der Waals surface area contributed by atoms with Gasteiger partial charge in [-0.1, -0.05) is 13.3 Å². The largest absolute Gasteiger partial charge is 0.381 e. The number of rotatable bonds is 10. The fourth-order valence-corrected chi connectivity index (χ4v) is 2.36. The molecule has 0 aromatic carbocycles. The highest BCUT2D eigenvalue weighted by atomic mass is 32.2. The first-order valence-corrected chi connectivity index (χ1v) is 8.15. The highest BCUT2D eigenvalue weighted by Gasteiger charge is 2.14. The predicted octanol–water partition coefficient (Wildman–Crippen LogP) is 1.00. The van der Waals surface area contributed by atoms with Crippen LogP contribution in [-0.2, 0) is 14.8 Å².